The third-order valence-corrected chi connectivity index (χ3v) is 3.20. The van der Waals surface area contributed by atoms with Crippen molar-refractivity contribution in [3.63, 3.8) is 0 Å². The number of hydrogen-bond donors (Lipinski definition) is 1. The number of pyridine rings is 2. The van der Waals surface area contributed by atoms with Crippen LogP contribution in [0.15, 0.2) is 36.5 Å². The van der Waals surface area contributed by atoms with Crippen molar-refractivity contribution in [3.8, 4) is 23.1 Å². The summed E-state index contributed by atoms with van der Waals surface area (Å²) in [6, 6.07) is 7.47. The Morgan fingerprint density at radius 2 is 1.83 bits per heavy atom. The lowest BCUT2D eigenvalue weighted by atomic mass is 10.2. The van der Waals surface area contributed by atoms with Gasteiger partial charge in [0.2, 0.25) is 0 Å². The van der Waals surface area contributed by atoms with E-state index in [0.29, 0.717) is 28.2 Å². The smallest absolute Gasteiger partial charge is 0.257 e. The summed E-state index contributed by atoms with van der Waals surface area (Å²) in [5.74, 6) is 0.567. The first-order valence-corrected chi connectivity index (χ1v) is 6.73. The van der Waals surface area contributed by atoms with E-state index in [1.807, 2.05) is 0 Å². The zero-order valence-electron chi connectivity index (χ0n) is 12.5. The molecule has 0 amide bonds. The molecule has 2 heterocycles. The number of nitrogens with two attached hydrogens (primary N) is 1. The van der Waals surface area contributed by atoms with Crippen molar-refractivity contribution >= 4 is 16.7 Å². The average molecular weight is 315 g/mol. The first-order valence-electron chi connectivity index (χ1n) is 6.73. The Kier molecular flexibility index (Phi) is 3.84. The van der Waals surface area contributed by atoms with Gasteiger partial charge in [0.1, 0.15) is 5.52 Å². The second kappa shape index (κ2) is 5.96. The summed E-state index contributed by atoms with van der Waals surface area (Å²) in [4.78, 5) is 8.54. The highest BCUT2D eigenvalue weighted by Crippen LogP contribution is 2.34. The van der Waals surface area contributed by atoms with E-state index < -0.39 is 5.82 Å². The van der Waals surface area contributed by atoms with Crippen molar-refractivity contribution in [2.24, 2.45) is 0 Å². The van der Waals surface area contributed by atoms with E-state index in [2.05, 4.69) is 9.97 Å². The molecule has 0 aliphatic carbocycles. The number of methoxy groups -OCH3 is 2. The summed E-state index contributed by atoms with van der Waals surface area (Å²) >= 11 is 0. The fourth-order valence-corrected chi connectivity index (χ4v) is 2.11. The maximum atomic E-state index is 13.9. The second-order valence-electron chi connectivity index (χ2n) is 4.67. The van der Waals surface area contributed by atoms with E-state index in [1.54, 1.807) is 24.4 Å². The molecule has 0 saturated heterocycles. The minimum Gasteiger partial charge on any atom is -0.491 e. The maximum absolute atomic E-state index is 13.9. The number of anilines is 1. The Balaban J connectivity index is 2.10. The molecule has 0 spiro atoms. The minimum atomic E-state index is -0.560. The van der Waals surface area contributed by atoms with E-state index in [4.69, 9.17) is 19.9 Å². The topological polar surface area (TPSA) is 79.5 Å². The van der Waals surface area contributed by atoms with Crippen LogP contribution < -0.4 is 19.9 Å². The molecule has 3 aromatic rings. The standard InChI is InChI=1S/C16H14FN3O3/c1-21-14-8-11-15(20-16(14)22-2)13(5-6-19-11)23-12-4-3-9(18)7-10(12)17/h3-8H,18H2,1-2H3. The second-order valence-corrected chi connectivity index (χ2v) is 4.67. The van der Waals surface area contributed by atoms with Crippen molar-refractivity contribution in [2.45, 2.75) is 0 Å². The number of nitrogens with zero attached hydrogens (tertiary/aromatic N) is 2. The number of fused-ring (bicyclic) bond motifs is 1. The van der Waals surface area contributed by atoms with Gasteiger partial charge in [0.05, 0.1) is 19.7 Å². The van der Waals surface area contributed by atoms with E-state index in [9.17, 15) is 4.39 Å². The monoisotopic (exact) mass is 315 g/mol. The molecule has 3 rings (SSSR count). The summed E-state index contributed by atoms with van der Waals surface area (Å²) < 4.78 is 29.9. The lowest BCUT2D eigenvalue weighted by Crippen LogP contribution is -1.97. The quantitative estimate of drug-likeness (QED) is 0.745. The van der Waals surface area contributed by atoms with Gasteiger partial charge < -0.3 is 19.9 Å². The Morgan fingerprint density at radius 3 is 2.52 bits per heavy atom. The van der Waals surface area contributed by atoms with E-state index in [0.717, 1.165) is 0 Å². The lowest BCUT2D eigenvalue weighted by Gasteiger charge is -2.11. The average Bonchev–Trinajstić information content (AvgIpc) is 2.56. The number of rotatable bonds is 4. The molecular weight excluding hydrogens is 301 g/mol. The first-order chi connectivity index (χ1) is 11.1. The Morgan fingerprint density at radius 1 is 1.00 bits per heavy atom. The molecule has 2 aromatic heterocycles. The zero-order chi connectivity index (χ0) is 16.4. The molecule has 2 N–H and O–H groups in total. The number of benzene rings is 1. The van der Waals surface area contributed by atoms with Gasteiger partial charge in [-0.25, -0.2) is 9.37 Å². The van der Waals surface area contributed by atoms with Crippen molar-refractivity contribution < 1.29 is 18.6 Å². The van der Waals surface area contributed by atoms with Crippen molar-refractivity contribution in [1.82, 2.24) is 9.97 Å². The molecule has 0 aliphatic heterocycles. The van der Waals surface area contributed by atoms with Crippen molar-refractivity contribution in [2.75, 3.05) is 20.0 Å². The highest BCUT2D eigenvalue weighted by Gasteiger charge is 2.14. The van der Waals surface area contributed by atoms with Crippen LogP contribution >= 0.6 is 0 Å². The van der Waals surface area contributed by atoms with E-state index >= 15 is 0 Å². The predicted molar refractivity (Wildman–Crippen MR) is 83.5 cm³/mol. The SMILES string of the molecule is COc1cc2nccc(Oc3ccc(N)cc3F)c2nc1OC. The third-order valence-electron chi connectivity index (χ3n) is 3.20. The number of ether oxygens (including phenoxy) is 3. The maximum Gasteiger partial charge on any atom is 0.257 e. The van der Waals surface area contributed by atoms with E-state index in [1.165, 1.54) is 26.4 Å². The molecular formula is C16H14FN3O3. The van der Waals surface area contributed by atoms with Crippen LogP contribution in [0, 0.1) is 5.82 Å². The first kappa shape index (κ1) is 14.8. The van der Waals surface area contributed by atoms with Crippen molar-refractivity contribution in [1.29, 1.82) is 0 Å². The predicted octanol–water partition coefficient (Wildman–Crippen LogP) is 3.16. The molecule has 0 aliphatic rings. The van der Waals surface area contributed by atoms with Gasteiger partial charge in [0.15, 0.2) is 23.1 Å². The molecule has 118 valence electrons. The fraction of sp³-hybridized carbons (Fsp3) is 0.125. The zero-order valence-corrected chi connectivity index (χ0v) is 12.5. The molecule has 0 radical (unpaired) electrons. The van der Waals surface area contributed by atoms with Gasteiger partial charge in [-0.3, -0.25) is 4.98 Å². The molecule has 7 heteroatoms. The molecule has 0 fully saturated rings. The summed E-state index contributed by atoms with van der Waals surface area (Å²) in [6.45, 7) is 0. The normalized spacial score (nSPS) is 10.6. The van der Waals surface area contributed by atoms with Gasteiger partial charge in [-0.1, -0.05) is 0 Å². The van der Waals surface area contributed by atoms with Crippen LogP contribution in [0.25, 0.3) is 11.0 Å². The summed E-state index contributed by atoms with van der Waals surface area (Å²) in [7, 11) is 2.99. The van der Waals surface area contributed by atoms with Gasteiger partial charge in [0, 0.05) is 30.1 Å². The highest BCUT2D eigenvalue weighted by atomic mass is 19.1. The molecule has 0 unspecified atom stereocenters. The highest BCUT2D eigenvalue weighted by molar-refractivity contribution is 5.83. The van der Waals surface area contributed by atoms with Crippen LogP contribution in [-0.2, 0) is 0 Å². The van der Waals surface area contributed by atoms with Crippen LogP contribution in [-0.4, -0.2) is 24.2 Å². The van der Waals surface area contributed by atoms with Crippen LogP contribution in [0.4, 0.5) is 10.1 Å². The molecule has 6 nitrogen and oxygen atoms in total. The summed E-state index contributed by atoms with van der Waals surface area (Å²) in [6.07, 6.45) is 1.54. The summed E-state index contributed by atoms with van der Waals surface area (Å²) in [5, 5.41) is 0. The third kappa shape index (κ3) is 2.80. The molecule has 1 aromatic carbocycles. The Hall–Kier alpha value is -3.09. The van der Waals surface area contributed by atoms with Crippen LogP contribution in [0.3, 0.4) is 0 Å². The van der Waals surface area contributed by atoms with Gasteiger partial charge in [-0.2, -0.15) is 0 Å². The molecule has 0 atom stereocenters. The number of nitrogen functional groups attached to an aromatic ring is 1. The molecule has 23 heavy (non-hydrogen) atoms. The van der Waals surface area contributed by atoms with Gasteiger partial charge in [-0.05, 0) is 12.1 Å². The summed E-state index contributed by atoms with van der Waals surface area (Å²) in [5.41, 5.74) is 6.82. The Bertz CT molecular complexity index is 871. The van der Waals surface area contributed by atoms with Gasteiger partial charge in [0.25, 0.3) is 5.88 Å². The lowest BCUT2D eigenvalue weighted by molar-refractivity contribution is 0.344. The van der Waals surface area contributed by atoms with Crippen LogP contribution in [0.2, 0.25) is 0 Å². The number of aromatic nitrogens is 2. The van der Waals surface area contributed by atoms with Gasteiger partial charge in [-0.15, -0.1) is 0 Å². The fourth-order valence-electron chi connectivity index (χ4n) is 2.11. The van der Waals surface area contributed by atoms with Crippen molar-refractivity contribution in [3.05, 3.63) is 42.3 Å². The largest absolute Gasteiger partial charge is 0.491 e. The molecule has 0 bridgehead atoms. The minimum absolute atomic E-state index is 0.0447. The number of hydrogen-bond acceptors (Lipinski definition) is 6. The number of halogens is 1. The van der Waals surface area contributed by atoms with Crippen LogP contribution in [0.5, 0.6) is 23.1 Å². The van der Waals surface area contributed by atoms with Crippen LogP contribution in [0.1, 0.15) is 0 Å². The van der Waals surface area contributed by atoms with E-state index in [-0.39, 0.29) is 11.6 Å². The van der Waals surface area contributed by atoms with Gasteiger partial charge >= 0.3 is 0 Å². The molecule has 0 saturated carbocycles. The Labute approximate surface area is 131 Å².